The number of likely N-dealkylation sites (tertiary alicyclic amines) is 1. The minimum Gasteiger partial charge on any atom is -0.357 e. The van der Waals surface area contributed by atoms with Crippen LogP contribution in [-0.2, 0) is 21.4 Å². The van der Waals surface area contributed by atoms with Crippen LogP contribution in [0.4, 0.5) is 4.39 Å². The van der Waals surface area contributed by atoms with Gasteiger partial charge in [0.05, 0.1) is 15.5 Å². The van der Waals surface area contributed by atoms with Crippen LogP contribution in [0, 0.1) is 17.7 Å². The molecule has 2 fully saturated rings. The Kier molecular flexibility index (Phi) is 7.13. The van der Waals surface area contributed by atoms with Crippen molar-refractivity contribution in [3.8, 4) is 0 Å². The Balaban J connectivity index is 1.30. The summed E-state index contributed by atoms with van der Waals surface area (Å²) >= 11 is 5.82. The molecule has 2 aromatic rings. The first kappa shape index (κ1) is 26.8. The normalized spacial score (nSPS) is 23.7. The molecule has 5 rings (SSSR count). The fraction of sp³-hybridized carbons (Fsp3) is 0.429. The van der Waals surface area contributed by atoms with Crippen molar-refractivity contribution in [2.75, 3.05) is 19.6 Å². The molecular formula is C28H32ClFN4O3S. The van der Waals surface area contributed by atoms with Crippen molar-refractivity contribution in [3.63, 3.8) is 0 Å². The number of carbonyl (C=O) groups is 1. The van der Waals surface area contributed by atoms with Crippen molar-refractivity contribution in [1.29, 1.82) is 0 Å². The average Bonchev–Trinajstić information content (AvgIpc) is 3.34. The van der Waals surface area contributed by atoms with Gasteiger partial charge in [-0.2, -0.15) is 4.31 Å². The van der Waals surface area contributed by atoms with E-state index in [2.05, 4.69) is 11.9 Å². The number of amidine groups is 1. The van der Waals surface area contributed by atoms with Crippen molar-refractivity contribution in [3.05, 3.63) is 77.1 Å². The Labute approximate surface area is 228 Å². The summed E-state index contributed by atoms with van der Waals surface area (Å²) in [5.41, 5.74) is 0.427. The standard InChI is InChI=1S/C28H32ClFN4O3S/c1-18(26-31-25(28(2,3)32-26)27(35)33-16-20-14-21(20)17-33)11-12-34(15-19-9-10-23(29)24(30)13-19)38(36,37)22-7-5-4-6-8-22/h4-10,13,20-21,25H,1,11-12,14-17H2,2-3H3,(H,31,32)/t20?,21?,25-/m0/s1. The fourth-order valence-electron chi connectivity index (χ4n) is 5.25. The monoisotopic (exact) mass is 558 g/mol. The first-order valence-electron chi connectivity index (χ1n) is 12.8. The number of nitrogens with zero attached hydrogens (tertiary/aromatic N) is 3. The number of aliphatic imine (C=N–C) groups is 1. The molecule has 1 saturated heterocycles. The Morgan fingerprint density at radius 3 is 2.55 bits per heavy atom. The zero-order chi connectivity index (χ0) is 27.2. The van der Waals surface area contributed by atoms with Gasteiger partial charge in [-0.15, -0.1) is 0 Å². The zero-order valence-electron chi connectivity index (χ0n) is 21.5. The van der Waals surface area contributed by atoms with Crippen LogP contribution in [-0.4, -0.2) is 60.6 Å². The molecule has 1 N–H and O–H groups in total. The Morgan fingerprint density at radius 1 is 1.21 bits per heavy atom. The van der Waals surface area contributed by atoms with Crippen LogP contribution in [0.15, 0.2) is 70.6 Å². The van der Waals surface area contributed by atoms with Crippen molar-refractivity contribution >= 4 is 33.4 Å². The Morgan fingerprint density at radius 2 is 1.89 bits per heavy atom. The van der Waals surface area contributed by atoms with Gasteiger partial charge in [-0.1, -0.05) is 42.4 Å². The van der Waals surface area contributed by atoms with Crippen LogP contribution in [0.25, 0.3) is 0 Å². The molecule has 2 aromatic carbocycles. The molecule has 7 nitrogen and oxygen atoms in total. The Hall–Kier alpha value is -2.75. The summed E-state index contributed by atoms with van der Waals surface area (Å²) in [5.74, 6) is 1.25. The van der Waals surface area contributed by atoms with E-state index in [4.69, 9.17) is 16.6 Å². The van der Waals surface area contributed by atoms with Crippen molar-refractivity contribution in [2.45, 2.75) is 49.7 Å². The third kappa shape index (κ3) is 5.37. The number of piperidine rings is 1. The number of benzene rings is 2. The number of fused-ring (bicyclic) bond motifs is 1. The van der Waals surface area contributed by atoms with Gasteiger partial charge in [0.2, 0.25) is 15.9 Å². The van der Waals surface area contributed by atoms with E-state index in [0.717, 1.165) is 13.1 Å². The third-order valence-corrected chi connectivity index (χ3v) is 9.81. The van der Waals surface area contributed by atoms with Gasteiger partial charge in [0, 0.05) is 26.2 Å². The summed E-state index contributed by atoms with van der Waals surface area (Å²) in [4.78, 5) is 20.1. The SMILES string of the molecule is C=C(CCN(Cc1ccc(Cl)c(F)c1)S(=O)(=O)c1ccccc1)C1=NC(C)(C)[C@H](C(=O)N2CC3CC3C2)N1. The molecule has 3 aliphatic rings. The molecule has 2 heterocycles. The molecule has 2 unspecified atom stereocenters. The number of amides is 1. The molecule has 2 aliphatic heterocycles. The maximum absolute atomic E-state index is 14.1. The van der Waals surface area contributed by atoms with E-state index >= 15 is 0 Å². The van der Waals surface area contributed by atoms with E-state index in [0.29, 0.717) is 28.8 Å². The van der Waals surface area contributed by atoms with E-state index < -0.39 is 27.4 Å². The van der Waals surface area contributed by atoms with Gasteiger partial charge in [-0.05, 0) is 73.9 Å². The summed E-state index contributed by atoms with van der Waals surface area (Å²) in [5, 5.41) is 3.25. The molecule has 3 atom stereocenters. The molecule has 1 amide bonds. The highest BCUT2D eigenvalue weighted by atomic mass is 35.5. The van der Waals surface area contributed by atoms with Crippen LogP contribution >= 0.6 is 11.6 Å². The van der Waals surface area contributed by atoms with Crippen LogP contribution in [0.1, 0.15) is 32.3 Å². The van der Waals surface area contributed by atoms with Gasteiger partial charge in [0.1, 0.15) is 17.7 Å². The van der Waals surface area contributed by atoms with Crippen LogP contribution in [0.2, 0.25) is 5.02 Å². The number of hydrogen-bond donors (Lipinski definition) is 1. The van der Waals surface area contributed by atoms with Gasteiger partial charge < -0.3 is 10.2 Å². The van der Waals surface area contributed by atoms with Crippen LogP contribution < -0.4 is 5.32 Å². The number of carbonyl (C=O) groups excluding carboxylic acids is 1. The molecule has 0 spiro atoms. The maximum Gasteiger partial charge on any atom is 0.247 e. The maximum atomic E-state index is 14.1. The minimum absolute atomic E-state index is 0.0254. The molecule has 38 heavy (non-hydrogen) atoms. The summed E-state index contributed by atoms with van der Waals surface area (Å²) in [6, 6.07) is 11.9. The van der Waals surface area contributed by atoms with Crippen molar-refractivity contribution in [1.82, 2.24) is 14.5 Å². The quantitative estimate of drug-likeness (QED) is 0.499. The van der Waals surface area contributed by atoms with E-state index in [1.54, 1.807) is 24.3 Å². The highest BCUT2D eigenvalue weighted by molar-refractivity contribution is 7.89. The second-order valence-electron chi connectivity index (χ2n) is 10.9. The second-order valence-corrected chi connectivity index (χ2v) is 13.3. The van der Waals surface area contributed by atoms with E-state index in [-0.39, 0.29) is 35.3 Å². The number of hydrogen-bond acceptors (Lipinski definition) is 5. The van der Waals surface area contributed by atoms with Gasteiger partial charge in [0.25, 0.3) is 0 Å². The number of nitrogens with one attached hydrogen (secondary N) is 1. The summed E-state index contributed by atoms with van der Waals surface area (Å²) in [6.45, 7) is 9.67. The minimum atomic E-state index is -3.88. The van der Waals surface area contributed by atoms with E-state index in [1.165, 1.54) is 35.0 Å². The third-order valence-electron chi connectivity index (χ3n) is 7.65. The lowest BCUT2D eigenvalue weighted by atomic mass is 9.95. The molecule has 0 bridgehead atoms. The van der Waals surface area contributed by atoms with Crippen molar-refractivity contribution < 1.29 is 17.6 Å². The molecule has 10 heteroatoms. The van der Waals surface area contributed by atoms with Crippen molar-refractivity contribution in [2.24, 2.45) is 16.8 Å². The van der Waals surface area contributed by atoms with Gasteiger partial charge in [-0.25, -0.2) is 12.8 Å². The summed E-state index contributed by atoms with van der Waals surface area (Å²) < 4.78 is 42.5. The lowest BCUT2D eigenvalue weighted by Gasteiger charge is -2.29. The second kappa shape index (κ2) is 10.1. The summed E-state index contributed by atoms with van der Waals surface area (Å²) in [7, 11) is -3.88. The van der Waals surface area contributed by atoms with E-state index in [9.17, 15) is 17.6 Å². The van der Waals surface area contributed by atoms with Gasteiger partial charge >= 0.3 is 0 Å². The average molecular weight is 559 g/mol. The van der Waals surface area contributed by atoms with Crippen LogP contribution in [0.3, 0.4) is 0 Å². The number of rotatable bonds is 9. The molecular weight excluding hydrogens is 527 g/mol. The fourth-order valence-corrected chi connectivity index (χ4v) is 6.82. The predicted molar refractivity (Wildman–Crippen MR) is 146 cm³/mol. The lowest BCUT2D eigenvalue weighted by molar-refractivity contribution is -0.133. The molecule has 0 aromatic heterocycles. The smallest absolute Gasteiger partial charge is 0.247 e. The van der Waals surface area contributed by atoms with E-state index in [1.807, 2.05) is 18.7 Å². The molecule has 1 aliphatic carbocycles. The largest absolute Gasteiger partial charge is 0.357 e. The van der Waals surface area contributed by atoms with Gasteiger partial charge in [0.15, 0.2) is 0 Å². The molecule has 202 valence electrons. The lowest BCUT2D eigenvalue weighted by Crippen LogP contribution is -2.53. The zero-order valence-corrected chi connectivity index (χ0v) is 23.1. The summed E-state index contributed by atoms with van der Waals surface area (Å²) in [6.07, 6.45) is 1.49. The topological polar surface area (TPSA) is 82.1 Å². The number of sulfonamides is 1. The molecule has 0 radical (unpaired) electrons. The Bertz CT molecular complexity index is 1390. The molecule has 1 saturated carbocycles. The highest BCUT2D eigenvalue weighted by Crippen LogP contribution is 2.45. The highest BCUT2D eigenvalue weighted by Gasteiger charge is 2.50. The first-order chi connectivity index (χ1) is 18.0. The predicted octanol–water partition coefficient (Wildman–Crippen LogP) is 4.24. The first-order valence-corrected chi connectivity index (χ1v) is 14.6. The van der Waals surface area contributed by atoms with Crippen LogP contribution in [0.5, 0.6) is 0 Å². The number of halogens is 2. The van der Waals surface area contributed by atoms with Gasteiger partial charge in [-0.3, -0.25) is 9.79 Å².